The van der Waals surface area contributed by atoms with Gasteiger partial charge in [-0.3, -0.25) is 23.1 Å². The lowest BCUT2D eigenvalue weighted by atomic mass is 10.2. The second-order valence-electron chi connectivity index (χ2n) is 6.08. The van der Waals surface area contributed by atoms with Crippen LogP contribution in [0.3, 0.4) is 0 Å². The van der Waals surface area contributed by atoms with Crippen molar-refractivity contribution in [3.63, 3.8) is 0 Å². The molecule has 16 nitrogen and oxygen atoms in total. The Labute approximate surface area is 170 Å². The van der Waals surface area contributed by atoms with E-state index < -0.39 is 66.7 Å². The average molecular weight is 523 g/mol. The number of carboxylic acid groups (broad SMARTS) is 1. The minimum Gasteiger partial charge on any atom is -0.481 e. The Balaban J connectivity index is 6.36. The molecule has 0 rings (SSSR count). The minimum absolute atomic E-state index is 0.00359. The molecule has 0 aromatic rings. The topological polar surface area (TPSA) is 280 Å². The normalized spacial score (nSPS) is 15.2. The van der Waals surface area contributed by atoms with Gasteiger partial charge in [0.2, 0.25) is 11.0 Å². The fourth-order valence-electron chi connectivity index (χ4n) is 2.52. The Morgan fingerprint density at radius 3 is 1.43 bits per heavy atom. The van der Waals surface area contributed by atoms with Crippen LogP contribution in [0.5, 0.6) is 0 Å². The molecule has 1 atom stereocenters. The van der Waals surface area contributed by atoms with Crippen LogP contribution in [0.1, 0.15) is 32.6 Å². The zero-order valence-electron chi connectivity index (χ0n) is 15.5. The largest absolute Gasteiger partial charge is 0.481 e. The Morgan fingerprint density at radius 2 is 1.17 bits per heavy atom. The highest BCUT2D eigenvalue weighted by atomic mass is 31.2. The molecule has 0 amide bonds. The fraction of sp³-hybridized carbons (Fsp3) is 0.900. The number of unbranched alkanes of at least 4 members (excludes halogenated alkanes) is 1. The third-order valence-electron chi connectivity index (χ3n) is 3.51. The molecule has 0 radical (unpaired) electrons. The maximum atomic E-state index is 11.8. The summed E-state index contributed by atoms with van der Waals surface area (Å²) in [5, 5.41) is 8.56. The van der Waals surface area contributed by atoms with Crippen LogP contribution < -0.4 is 0 Å². The Morgan fingerprint density at radius 1 is 0.800 bits per heavy atom. The molecule has 20 heteroatoms. The smallest absolute Gasteiger partial charge is 0.355 e. The zero-order valence-corrected chi connectivity index (χ0v) is 19.1. The second-order valence-corrected chi connectivity index (χ2v) is 13.6. The van der Waals surface area contributed by atoms with Gasteiger partial charge in [0.1, 0.15) is 6.23 Å². The van der Waals surface area contributed by atoms with Gasteiger partial charge < -0.3 is 49.0 Å². The number of aliphatic carboxylic acids is 1. The van der Waals surface area contributed by atoms with Gasteiger partial charge in [-0.05, 0) is 19.3 Å². The Bertz CT molecular complexity index is 671. The predicted octanol–water partition coefficient (Wildman–Crippen LogP) is -0.426. The summed E-state index contributed by atoms with van der Waals surface area (Å²) in [5.74, 6) is -1.14. The first-order valence-corrected chi connectivity index (χ1v) is 14.8. The molecular weight excluding hydrogens is 498 g/mol. The molecule has 0 aliphatic rings. The minimum atomic E-state index is -5.95. The number of rotatable bonds is 14. The monoisotopic (exact) mass is 523 g/mol. The molecule has 9 N–H and O–H groups in total. The molecule has 0 fully saturated rings. The molecule has 0 aliphatic heterocycles. The molecule has 0 saturated carbocycles. The van der Waals surface area contributed by atoms with Gasteiger partial charge in [-0.15, -0.1) is 0 Å². The van der Waals surface area contributed by atoms with E-state index in [1.165, 1.54) is 6.92 Å². The highest BCUT2D eigenvalue weighted by Gasteiger charge is 2.60. The maximum Gasteiger partial charge on any atom is 0.355 e. The first kappa shape index (κ1) is 30.0. The molecule has 30 heavy (non-hydrogen) atoms. The molecule has 0 bridgehead atoms. The molecule has 0 aromatic carbocycles. The number of hydrogen-bond donors (Lipinski definition) is 9. The number of carboxylic acids is 1. The third-order valence-corrected chi connectivity index (χ3v) is 10.6. The van der Waals surface area contributed by atoms with E-state index in [4.69, 9.17) is 9.84 Å². The predicted molar refractivity (Wildman–Crippen MR) is 99.1 cm³/mol. The van der Waals surface area contributed by atoms with Crippen molar-refractivity contribution in [2.24, 2.45) is 0 Å². The molecule has 0 aromatic heterocycles. The lowest BCUT2D eigenvalue weighted by molar-refractivity contribution is -0.137. The van der Waals surface area contributed by atoms with Gasteiger partial charge in [0.25, 0.3) is 0 Å². The first-order valence-electron chi connectivity index (χ1n) is 8.06. The Kier molecular flexibility index (Phi) is 11.2. The van der Waals surface area contributed by atoms with Crippen molar-refractivity contribution in [1.29, 1.82) is 0 Å². The van der Waals surface area contributed by atoms with Crippen molar-refractivity contribution in [2.75, 3.05) is 6.61 Å². The van der Waals surface area contributed by atoms with Crippen LogP contribution >= 0.6 is 30.4 Å². The van der Waals surface area contributed by atoms with Crippen LogP contribution in [-0.2, 0) is 27.8 Å². The van der Waals surface area contributed by atoms with Crippen molar-refractivity contribution >= 4 is 36.4 Å². The molecule has 0 heterocycles. The summed E-state index contributed by atoms with van der Waals surface area (Å²) >= 11 is 0. The van der Waals surface area contributed by atoms with E-state index in [1.807, 2.05) is 0 Å². The van der Waals surface area contributed by atoms with Crippen LogP contribution in [0, 0.1) is 0 Å². The molecule has 1 unspecified atom stereocenters. The molecular formula is C10H25NO15P4. The van der Waals surface area contributed by atoms with E-state index in [2.05, 4.69) is 0 Å². The summed E-state index contributed by atoms with van der Waals surface area (Å²) in [6.07, 6.45) is -2.67. The highest BCUT2D eigenvalue weighted by molar-refractivity contribution is 7.72. The average Bonchev–Trinajstić information content (AvgIpc) is 2.44. The molecule has 0 aliphatic carbocycles. The standard InChI is InChI=1S/C10H25NO15P4/c1-2-7(26-6-4-3-5-8(12)13)11(9(27(14,15)16)28(17,18)19)10(29(20,21)22)30(23,24)25/h7,9-10H,2-6H2,1H3,(H,12,13)(H2,14,15,16)(H2,17,18,19)(H2,20,21,22)(H2,23,24,25). The van der Waals surface area contributed by atoms with Crippen LogP contribution in [0.15, 0.2) is 0 Å². The van der Waals surface area contributed by atoms with Crippen LogP contribution in [0.2, 0.25) is 0 Å². The quantitative estimate of drug-likeness (QED) is 0.0793. The zero-order chi connectivity index (χ0) is 24.1. The summed E-state index contributed by atoms with van der Waals surface area (Å²) in [7, 11) is -23.8. The second kappa shape index (κ2) is 11.2. The number of nitrogens with zero attached hydrogens (tertiary/aromatic N) is 1. The summed E-state index contributed by atoms with van der Waals surface area (Å²) in [5.41, 5.74) is -6.67. The van der Waals surface area contributed by atoms with Crippen LogP contribution in [0.25, 0.3) is 0 Å². The molecule has 0 spiro atoms. The van der Waals surface area contributed by atoms with E-state index in [0.29, 0.717) is 0 Å². The SMILES string of the molecule is CCC(OCCCCC(=O)O)N(C(P(=O)(O)O)P(=O)(O)O)C(P(=O)(O)O)P(=O)(O)O. The van der Waals surface area contributed by atoms with Gasteiger partial charge >= 0.3 is 36.4 Å². The molecule has 180 valence electrons. The first-order chi connectivity index (χ1) is 13.2. The number of hydrogen-bond acceptors (Lipinski definition) is 7. The van der Waals surface area contributed by atoms with Crippen molar-refractivity contribution < 1.29 is 72.0 Å². The van der Waals surface area contributed by atoms with Crippen molar-refractivity contribution in [2.45, 2.75) is 49.9 Å². The van der Waals surface area contributed by atoms with Gasteiger partial charge in [0.15, 0.2) is 0 Å². The van der Waals surface area contributed by atoms with Crippen molar-refractivity contribution in [1.82, 2.24) is 4.90 Å². The van der Waals surface area contributed by atoms with Crippen LogP contribution in [0.4, 0.5) is 0 Å². The van der Waals surface area contributed by atoms with Gasteiger partial charge in [0, 0.05) is 13.0 Å². The lowest BCUT2D eigenvalue weighted by Gasteiger charge is -2.41. The van der Waals surface area contributed by atoms with E-state index in [9.17, 15) is 62.2 Å². The van der Waals surface area contributed by atoms with E-state index in [1.54, 1.807) is 0 Å². The van der Waals surface area contributed by atoms with Crippen molar-refractivity contribution in [3.05, 3.63) is 0 Å². The van der Waals surface area contributed by atoms with Crippen molar-refractivity contribution in [3.8, 4) is 0 Å². The fourth-order valence-corrected chi connectivity index (χ4v) is 8.59. The van der Waals surface area contributed by atoms with E-state index in [0.717, 1.165) is 0 Å². The van der Waals surface area contributed by atoms with Gasteiger partial charge in [-0.1, -0.05) is 6.92 Å². The maximum absolute atomic E-state index is 11.8. The lowest BCUT2D eigenvalue weighted by Crippen LogP contribution is -2.50. The van der Waals surface area contributed by atoms with Gasteiger partial charge in [-0.2, -0.15) is 0 Å². The van der Waals surface area contributed by atoms with Gasteiger partial charge in [-0.25, -0.2) is 4.90 Å². The third kappa shape index (κ3) is 9.64. The Hall–Kier alpha value is -0.0100. The number of ether oxygens (including phenoxy) is 1. The summed E-state index contributed by atoms with van der Waals surface area (Å²) in [6, 6.07) is 0. The van der Waals surface area contributed by atoms with E-state index >= 15 is 0 Å². The summed E-state index contributed by atoms with van der Waals surface area (Å²) in [4.78, 5) is 85.6. The highest BCUT2D eigenvalue weighted by Crippen LogP contribution is 2.69. The molecule has 0 saturated heterocycles. The number of carbonyl (C=O) groups is 1. The summed E-state index contributed by atoms with van der Waals surface area (Å²) in [6.45, 7) is 0.786. The van der Waals surface area contributed by atoms with Gasteiger partial charge in [0.05, 0.1) is 0 Å². The van der Waals surface area contributed by atoms with Crippen LogP contribution in [-0.4, -0.2) is 79.0 Å². The summed E-state index contributed by atoms with van der Waals surface area (Å²) < 4.78 is 52.3. The van der Waals surface area contributed by atoms with E-state index in [-0.39, 0.29) is 24.2 Å².